The van der Waals surface area contributed by atoms with Crippen molar-refractivity contribution in [3.8, 4) is 0 Å². The highest BCUT2D eigenvalue weighted by Gasteiger charge is 2.40. The number of benzene rings is 2. The number of halogens is 2. The Hall–Kier alpha value is -4.02. The molecule has 10 nitrogen and oxygen atoms in total. The van der Waals surface area contributed by atoms with Crippen LogP contribution in [0.15, 0.2) is 42.0 Å². The molecule has 0 saturated carbocycles. The summed E-state index contributed by atoms with van der Waals surface area (Å²) >= 11 is 12.5. The summed E-state index contributed by atoms with van der Waals surface area (Å²) in [4.78, 5) is 53.0. The number of aromatic amines is 1. The van der Waals surface area contributed by atoms with Crippen LogP contribution in [0.3, 0.4) is 0 Å². The highest BCUT2D eigenvalue weighted by atomic mass is 35.5. The molecular formula is C26H24Cl2N4O6. The number of aromatic carboxylic acids is 1. The molecule has 0 atom stereocenters. The van der Waals surface area contributed by atoms with Gasteiger partial charge in [0.2, 0.25) is 5.91 Å². The number of hydrogen-bond acceptors (Lipinski definition) is 5. The van der Waals surface area contributed by atoms with Crippen LogP contribution in [0.25, 0.3) is 17.0 Å². The molecule has 1 fully saturated rings. The van der Waals surface area contributed by atoms with Crippen LogP contribution in [-0.4, -0.2) is 51.1 Å². The van der Waals surface area contributed by atoms with Crippen molar-refractivity contribution in [1.29, 1.82) is 0 Å². The molecule has 2 aromatic carbocycles. The lowest BCUT2D eigenvalue weighted by Gasteiger charge is -2.30. The number of carbonyl (C=O) groups excluding carboxylic acids is 3. The Morgan fingerprint density at radius 1 is 1.13 bits per heavy atom. The molecule has 198 valence electrons. The van der Waals surface area contributed by atoms with E-state index >= 15 is 0 Å². The number of nitrogens with zero attached hydrogens (tertiary/aromatic N) is 2. The van der Waals surface area contributed by atoms with Crippen LogP contribution in [0.5, 0.6) is 0 Å². The number of carboxylic acids is 1. The monoisotopic (exact) mass is 558 g/mol. The van der Waals surface area contributed by atoms with E-state index < -0.39 is 23.6 Å². The van der Waals surface area contributed by atoms with Gasteiger partial charge in [0.15, 0.2) is 0 Å². The van der Waals surface area contributed by atoms with Crippen molar-refractivity contribution >= 4 is 75.4 Å². The van der Waals surface area contributed by atoms with Crippen molar-refractivity contribution in [1.82, 2.24) is 9.99 Å². The number of rotatable bonds is 4. The third-order valence-corrected chi connectivity index (χ3v) is 5.97. The second kappa shape index (κ2) is 10.0. The summed E-state index contributed by atoms with van der Waals surface area (Å²) in [5, 5.41) is 15.6. The molecule has 0 aliphatic carbocycles. The molecule has 1 aliphatic heterocycles. The first-order valence-corrected chi connectivity index (χ1v) is 12.2. The number of anilines is 2. The number of hydrogen-bond donors (Lipinski definition) is 3. The lowest BCUT2D eigenvalue weighted by atomic mass is 10.1. The van der Waals surface area contributed by atoms with Crippen LogP contribution >= 0.6 is 23.2 Å². The molecule has 1 saturated heterocycles. The minimum absolute atomic E-state index is 0.121. The molecule has 1 aliphatic rings. The zero-order chi connectivity index (χ0) is 27.9. The van der Waals surface area contributed by atoms with Gasteiger partial charge in [-0.2, -0.15) is 0 Å². The summed E-state index contributed by atoms with van der Waals surface area (Å²) in [5.74, 6) is -2.09. The number of amides is 3. The first-order valence-electron chi connectivity index (χ1n) is 11.4. The van der Waals surface area contributed by atoms with Crippen molar-refractivity contribution in [2.24, 2.45) is 0 Å². The van der Waals surface area contributed by atoms with Crippen LogP contribution in [0.1, 0.15) is 43.7 Å². The quantitative estimate of drug-likeness (QED) is 0.351. The zero-order valence-corrected chi connectivity index (χ0v) is 22.4. The molecule has 1 aromatic heterocycles. The smallest absolute Gasteiger partial charge is 0.430 e. The van der Waals surface area contributed by atoms with Crippen LogP contribution in [0.4, 0.5) is 16.2 Å². The maximum atomic E-state index is 13.7. The molecule has 12 heteroatoms. The molecule has 3 amide bonds. The van der Waals surface area contributed by atoms with Crippen molar-refractivity contribution in [3.05, 3.63) is 63.3 Å². The van der Waals surface area contributed by atoms with E-state index in [1.165, 1.54) is 25.1 Å². The van der Waals surface area contributed by atoms with Gasteiger partial charge in [-0.25, -0.2) is 19.6 Å². The number of H-pyrrole nitrogens is 1. The van der Waals surface area contributed by atoms with Gasteiger partial charge in [-0.05, 0) is 63.2 Å². The summed E-state index contributed by atoms with van der Waals surface area (Å²) in [5.41, 5.74) is 0.484. The standard InChI is InChI=1S/C26H24Cl2N4O6/c1-13(33)29-16-5-7-17(8-6-16)32-23(34)14(12-31(32)25(37)38-26(2,3)4)9-18-21-19(28)10-15(27)11-20(21)30-22(18)24(35)36/h5-11,30H,12H2,1-4H3,(H,29,33)(H,35,36). The lowest BCUT2D eigenvalue weighted by molar-refractivity contribution is -0.115. The molecule has 38 heavy (non-hydrogen) atoms. The van der Waals surface area contributed by atoms with Crippen molar-refractivity contribution in [3.63, 3.8) is 0 Å². The minimum atomic E-state index is -1.26. The van der Waals surface area contributed by atoms with Crippen LogP contribution in [0.2, 0.25) is 10.0 Å². The first-order chi connectivity index (χ1) is 17.7. The van der Waals surface area contributed by atoms with E-state index in [2.05, 4.69) is 10.3 Å². The molecule has 4 rings (SSSR count). The van der Waals surface area contributed by atoms with Gasteiger partial charge in [-0.1, -0.05) is 23.2 Å². The largest absolute Gasteiger partial charge is 0.477 e. The Balaban J connectivity index is 1.82. The fourth-order valence-corrected chi connectivity index (χ4v) is 4.61. The topological polar surface area (TPSA) is 132 Å². The van der Waals surface area contributed by atoms with E-state index in [0.29, 0.717) is 27.3 Å². The highest BCUT2D eigenvalue weighted by Crippen LogP contribution is 2.36. The van der Waals surface area contributed by atoms with E-state index in [1.807, 2.05) is 0 Å². The predicted molar refractivity (Wildman–Crippen MR) is 144 cm³/mol. The third kappa shape index (κ3) is 5.46. The number of hydrazine groups is 1. The number of aromatic nitrogens is 1. The number of fused-ring (bicyclic) bond motifs is 1. The van der Waals surface area contributed by atoms with E-state index in [-0.39, 0.29) is 34.3 Å². The highest BCUT2D eigenvalue weighted by molar-refractivity contribution is 6.39. The lowest BCUT2D eigenvalue weighted by Crippen LogP contribution is -2.45. The Kier molecular flexibility index (Phi) is 7.14. The number of nitrogens with one attached hydrogen (secondary N) is 2. The average molecular weight is 559 g/mol. The molecule has 3 aromatic rings. The normalized spacial score (nSPS) is 14.9. The SMILES string of the molecule is CC(=O)Nc1ccc(N2C(=O)C(=Cc3c(C(=O)O)[nH]c4cc(Cl)cc(Cl)c34)CN2C(=O)OC(C)(C)C)cc1. The van der Waals surface area contributed by atoms with Gasteiger partial charge in [-0.15, -0.1) is 0 Å². The van der Waals surface area contributed by atoms with Crippen molar-refractivity contribution in [2.45, 2.75) is 33.3 Å². The molecular weight excluding hydrogens is 535 g/mol. The minimum Gasteiger partial charge on any atom is -0.477 e. The summed E-state index contributed by atoms with van der Waals surface area (Å²) in [6.07, 6.45) is 0.621. The molecule has 0 bridgehead atoms. The Bertz CT molecular complexity index is 1500. The van der Waals surface area contributed by atoms with Gasteiger partial charge in [0.05, 0.1) is 17.3 Å². The summed E-state index contributed by atoms with van der Waals surface area (Å²) in [6, 6.07) is 9.31. The molecule has 2 heterocycles. The zero-order valence-electron chi connectivity index (χ0n) is 20.9. The molecule has 0 spiro atoms. The van der Waals surface area contributed by atoms with Crippen molar-refractivity contribution in [2.75, 3.05) is 16.9 Å². The van der Waals surface area contributed by atoms with Gasteiger partial charge >= 0.3 is 12.1 Å². The Morgan fingerprint density at radius 2 is 1.79 bits per heavy atom. The van der Waals surface area contributed by atoms with Crippen LogP contribution in [0, 0.1) is 0 Å². The van der Waals surface area contributed by atoms with E-state index in [9.17, 15) is 24.3 Å². The van der Waals surface area contributed by atoms with Gasteiger partial charge in [0.1, 0.15) is 11.3 Å². The van der Waals surface area contributed by atoms with E-state index in [4.69, 9.17) is 27.9 Å². The maximum absolute atomic E-state index is 13.7. The van der Waals surface area contributed by atoms with Gasteiger partial charge < -0.3 is 20.1 Å². The van der Waals surface area contributed by atoms with E-state index in [1.54, 1.807) is 45.0 Å². The predicted octanol–water partition coefficient (Wildman–Crippen LogP) is 5.71. The first kappa shape index (κ1) is 27.0. The van der Waals surface area contributed by atoms with Gasteiger partial charge in [0, 0.05) is 39.7 Å². The van der Waals surface area contributed by atoms with Crippen molar-refractivity contribution < 1.29 is 29.0 Å². The number of carbonyl (C=O) groups is 4. The summed E-state index contributed by atoms with van der Waals surface area (Å²) < 4.78 is 5.52. The maximum Gasteiger partial charge on any atom is 0.430 e. The summed E-state index contributed by atoms with van der Waals surface area (Å²) in [7, 11) is 0. The molecule has 0 unspecified atom stereocenters. The molecule has 0 radical (unpaired) electrons. The summed E-state index contributed by atoms with van der Waals surface area (Å²) in [6.45, 7) is 6.27. The Morgan fingerprint density at radius 3 is 2.37 bits per heavy atom. The van der Waals surface area contributed by atoms with E-state index in [0.717, 1.165) is 10.0 Å². The molecule has 3 N–H and O–H groups in total. The number of carboxylic acid groups (broad SMARTS) is 1. The fraction of sp³-hybridized carbons (Fsp3) is 0.231. The second-order valence-electron chi connectivity index (χ2n) is 9.58. The fourth-order valence-electron chi connectivity index (χ4n) is 4.02. The van der Waals surface area contributed by atoms with Gasteiger partial charge in [0.25, 0.3) is 5.91 Å². The third-order valence-electron chi connectivity index (χ3n) is 5.45. The second-order valence-corrected chi connectivity index (χ2v) is 10.4. The van der Waals surface area contributed by atoms with Crippen LogP contribution < -0.4 is 10.3 Å². The number of ether oxygens (including phenoxy) is 1. The average Bonchev–Trinajstić information content (AvgIpc) is 3.31. The Labute approximate surface area is 227 Å². The van der Waals surface area contributed by atoms with Gasteiger partial charge in [-0.3, -0.25) is 9.59 Å². The van der Waals surface area contributed by atoms with Crippen LogP contribution in [-0.2, 0) is 14.3 Å².